The lowest BCUT2D eigenvalue weighted by Crippen LogP contribution is -2.38. The molecule has 0 saturated carbocycles. The smallest absolute Gasteiger partial charge is 0.406 e. The van der Waals surface area contributed by atoms with Crippen molar-refractivity contribution in [3.05, 3.63) is 59.7 Å². The van der Waals surface area contributed by atoms with Gasteiger partial charge in [-0.15, -0.1) is 13.2 Å². The quantitative estimate of drug-likeness (QED) is 0.488. The van der Waals surface area contributed by atoms with Gasteiger partial charge in [0.05, 0.1) is 0 Å². The predicted octanol–water partition coefficient (Wildman–Crippen LogP) is 5.68. The largest absolute Gasteiger partial charge is 0.573 e. The number of nitrogens with one attached hydrogen (secondary N) is 1. The number of aryl methyl sites for hydroxylation is 1. The summed E-state index contributed by atoms with van der Waals surface area (Å²) in [5.74, 6) is 0.570. The molecule has 0 unspecified atom stereocenters. The van der Waals surface area contributed by atoms with E-state index < -0.39 is 6.36 Å². The number of amides is 2. The standard InChI is InChI=1S/C28H33F3N2O4/c29-28(30,31)37-25-8-1-20(2-9-25)3-10-27(35)33-15-11-23(12-16-33)22-4-6-24(7-5-22)32-26(34)19-21-13-17-36-18-14-21/h1-2,4-9,21,23H,3,10-19H2,(H,32,34). The molecule has 0 aromatic heterocycles. The first-order valence-corrected chi connectivity index (χ1v) is 12.9. The number of alkyl halides is 3. The summed E-state index contributed by atoms with van der Waals surface area (Å²) in [6.07, 6.45) is 0.180. The van der Waals surface area contributed by atoms with Crippen LogP contribution in [0.4, 0.5) is 18.9 Å². The highest BCUT2D eigenvalue weighted by atomic mass is 19.4. The number of anilines is 1. The molecule has 2 aliphatic rings. The molecule has 2 heterocycles. The number of hydrogen-bond acceptors (Lipinski definition) is 4. The Morgan fingerprint density at radius 3 is 2.22 bits per heavy atom. The maximum absolute atomic E-state index is 12.7. The van der Waals surface area contributed by atoms with Gasteiger partial charge in [-0.1, -0.05) is 24.3 Å². The second kappa shape index (κ2) is 12.4. The molecule has 0 bridgehead atoms. The molecule has 37 heavy (non-hydrogen) atoms. The van der Waals surface area contributed by atoms with Gasteiger partial charge in [-0.3, -0.25) is 9.59 Å². The van der Waals surface area contributed by atoms with Gasteiger partial charge >= 0.3 is 6.36 Å². The Bertz CT molecular complexity index is 1030. The Balaban J connectivity index is 1.18. The molecule has 4 rings (SSSR count). The fourth-order valence-electron chi connectivity index (χ4n) is 4.99. The van der Waals surface area contributed by atoms with Crippen LogP contribution in [0.2, 0.25) is 0 Å². The van der Waals surface area contributed by atoms with Crippen LogP contribution in [0.3, 0.4) is 0 Å². The third-order valence-electron chi connectivity index (χ3n) is 7.11. The van der Waals surface area contributed by atoms with Crippen LogP contribution in [0.1, 0.15) is 55.6 Å². The van der Waals surface area contributed by atoms with Crippen LogP contribution in [0.5, 0.6) is 5.75 Å². The van der Waals surface area contributed by atoms with Crippen molar-refractivity contribution in [2.24, 2.45) is 5.92 Å². The fourth-order valence-corrected chi connectivity index (χ4v) is 4.99. The van der Waals surface area contributed by atoms with Gasteiger partial charge in [-0.2, -0.15) is 0 Å². The van der Waals surface area contributed by atoms with E-state index in [9.17, 15) is 22.8 Å². The molecule has 0 spiro atoms. The maximum Gasteiger partial charge on any atom is 0.573 e. The average Bonchev–Trinajstić information content (AvgIpc) is 2.88. The summed E-state index contributed by atoms with van der Waals surface area (Å²) in [5.41, 5.74) is 2.79. The SMILES string of the molecule is O=C(CC1CCOCC1)Nc1ccc(C2CCN(C(=O)CCc3ccc(OC(F)(F)F)cc3)CC2)cc1. The number of benzene rings is 2. The molecule has 9 heteroatoms. The Labute approximate surface area is 215 Å². The molecular formula is C28H33F3N2O4. The van der Waals surface area contributed by atoms with Crippen LogP contribution in [-0.4, -0.2) is 49.4 Å². The number of halogens is 3. The van der Waals surface area contributed by atoms with Gasteiger partial charge in [0, 0.05) is 44.8 Å². The Kier molecular flexibility index (Phi) is 9.08. The van der Waals surface area contributed by atoms with E-state index in [-0.39, 0.29) is 17.6 Å². The highest BCUT2D eigenvalue weighted by molar-refractivity contribution is 5.90. The van der Waals surface area contributed by atoms with Crippen molar-refractivity contribution in [2.45, 2.75) is 57.2 Å². The molecule has 6 nitrogen and oxygen atoms in total. The van der Waals surface area contributed by atoms with Crippen LogP contribution in [0, 0.1) is 5.92 Å². The molecule has 2 aliphatic heterocycles. The van der Waals surface area contributed by atoms with Crippen LogP contribution in [0.15, 0.2) is 48.5 Å². The van der Waals surface area contributed by atoms with Gasteiger partial charge in [-0.25, -0.2) is 0 Å². The van der Waals surface area contributed by atoms with Crippen molar-refractivity contribution >= 4 is 17.5 Å². The number of piperidine rings is 1. The lowest BCUT2D eigenvalue weighted by Gasteiger charge is -2.32. The van der Waals surface area contributed by atoms with Crippen LogP contribution < -0.4 is 10.1 Å². The minimum Gasteiger partial charge on any atom is -0.406 e. The number of carbonyl (C=O) groups excluding carboxylic acids is 2. The molecule has 2 aromatic carbocycles. The minimum atomic E-state index is -4.72. The number of likely N-dealkylation sites (tertiary alicyclic amines) is 1. The van der Waals surface area contributed by atoms with E-state index in [0.717, 1.165) is 50.1 Å². The molecule has 2 aromatic rings. The van der Waals surface area contributed by atoms with Gasteiger partial charge < -0.3 is 19.7 Å². The van der Waals surface area contributed by atoms with Crippen molar-refractivity contribution in [3.63, 3.8) is 0 Å². The molecule has 0 aliphatic carbocycles. The molecule has 2 fully saturated rings. The number of carbonyl (C=O) groups is 2. The summed E-state index contributed by atoms with van der Waals surface area (Å²) in [4.78, 5) is 26.9. The molecule has 1 N–H and O–H groups in total. The zero-order chi connectivity index (χ0) is 26.3. The first kappa shape index (κ1) is 27.0. The van der Waals surface area contributed by atoms with Crippen molar-refractivity contribution < 1.29 is 32.2 Å². The van der Waals surface area contributed by atoms with E-state index in [1.807, 2.05) is 17.0 Å². The lowest BCUT2D eigenvalue weighted by atomic mass is 9.89. The van der Waals surface area contributed by atoms with E-state index in [0.29, 0.717) is 44.2 Å². The zero-order valence-corrected chi connectivity index (χ0v) is 20.8. The Hall–Kier alpha value is -3.07. The van der Waals surface area contributed by atoms with Crippen molar-refractivity contribution in [1.29, 1.82) is 0 Å². The number of nitrogens with zero attached hydrogens (tertiary/aromatic N) is 1. The molecule has 2 saturated heterocycles. The summed E-state index contributed by atoms with van der Waals surface area (Å²) in [6, 6.07) is 13.6. The second-order valence-electron chi connectivity index (χ2n) is 9.78. The molecule has 0 atom stereocenters. The van der Waals surface area contributed by atoms with E-state index in [1.54, 1.807) is 12.1 Å². The van der Waals surface area contributed by atoms with Crippen LogP contribution >= 0.6 is 0 Å². The first-order chi connectivity index (χ1) is 17.7. The first-order valence-electron chi connectivity index (χ1n) is 12.9. The summed E-state index contributed by atoms with van der Waals surface area (Å²) in [6.45, 7) is 2.81. The summed E-state index contributed by atoms with van der Waals surface area (Å²) in [5, 5.41) is 2.99. The Morgan fingerprint density at radius 2 is 1.59 bits per heavy atom. The van der Waals surface area contributed by atoms with Gasteiger partial charge in [0.1, 0.15) is 5.75 Å². The predicted molar refractivity (Wildman–Crippen MR) is 133 cm³/mol. The van der Waals surface area contributed by atoms with Crippen molar-refractivity contribution in [1.82, 2.24) is 4.90 Å². The summed E-state index contributed by atoms with van der Waals surface area (Å²) >= 11 is 0. The zero-order valence-electron chi connectivity index (χ0n) is 20.8. The topological polar surface area (TPSA) is 67.9 Å². The monoisotopic (exact) mass is 518 g/mol. The van der Waals surface area contributed by atoms with Gasteiger partial charge in [0.25, 0.3) is 0 Å². The maximum atomic E-state index is 12.7. The molecule has 2 amide bonds. The van der Waals surface area contributed by atoms with Gasteiger partial charge in [0.2, 0.25) is 11.8 Å². The van der Waals surface area contributed by atoms with Crippen LogP contribution in [0.25, 0.3) is 0 Å². The average molecular weight is 519 g/mol. The lowest BCUT2D eigenvalue weighted by molar-refractivity contribution is -0.274. The molecule has 0 radical (unpaired) electrons. The second-order valence-corrected chi connectivity index (χ2v) is 9.78. The van der Waals surface area contributed by atoms with E-state index in [2.05, 4.69) is 22.2 Å². The third-order valence-corrected chi connectivity index (χ3v) is 7.11. The van der Waals surface area contributed by atoms with E-state index >= 15 is 0 Å². The van der Waals surface area contributed by atoms with E-state index in [4.69, 9.17) is 4.74 Å². The number of rotatable bonds is 8. The van der Waals surface area contributed by atoms with Gasteiger partial charge in [0.15, 0.2) is 0 Å². The fraction of sp³-hybridized carbons (Fsp3) is 0.500. The normalized spacial score (nSPS) is 17.4. The highest BCUT2D eigenvalue weighted by Crippen LogP contribution is 2.30. The van der Waals surface area contributed by atoms with Crippen molar-refractivity contribution in [3.8, 4) is 5.75 Å². The minimum absolute atomic E-state index is 0.0389. The summed E-state index contributed by atoms with van der Waals surface area (Å²) < 4.78 is 46.1. The van der Waals surface area contributed by atoms with Crippen molar-refractivity contribution in [2.75, 3.05) is 31.6 Å². The summed E-state index contributed by atoms with van der Waals surface area (Å²) in [7, 11) is 0. The number of hydrogen-bond donors (Lipinski definition) is 1. The molecular weight excluding hydrogens is 485 g/mol. The number of ether oxygens (including phenoxy) is 2. The van der Waals surface area contributed by atoms with Gasteiger partial charge in [-0.05, 0) is 79.3 Å². The third kappa shape index (κ3) is 8.49. The Morgan fingerprint density at radius 1 is 0.946 bits per heavy atom. The molecule has 200 valence electrons. The highest BCUT2D eigenvalue weighted by Gasteiger charge is 2.31. The van der Waals surface area contributed by atoms with Crippen LogP contribution in [-0.2, 0) is 20.7 Å². The van der Waals surface area contributed by atoms with E-state index in [1.165, 1.54) is 17.7 Å².